The summed E-state index contributed by atoms with van der Waals surface area (Å²) in [5.41, 5.74) is 3.13. The first-order valence-corrected chi connectivity index (χ1v) is 6.03. The average molecular weight is 242 g/mol. The maximum atomic E-state index is 9.55. The Bertz CT molecular complexity index is 576. The predicted molar refractivity (Wildman–Crippen MR) is 67.0 cm³/mol. The third-order valence-corrected chi connectivity index (χ3v) is 3.09. The highest BCUT2D eigenvalue weighted by Gasteiger charge is 2.18. The van der Waals surface area contributed by atoms with Crippen LogP contribution in [-0.2, 0) is 12.8 Å². The van der Waals surface area contributed by atoms with E-state index in [9.17, 15) is 5.11 Å². The molecule has 1 aliphatic carbocycles. The van der Waals surface area contributed by atoms with Crippen molar-refractivity contribution in [2.45, 2.75) is 26.2 Å². The minimum absolute atomic E-state index is 0.204. The summed E-state index contributed by atoms with van der Waals surface area (Å²) in [5, 5.41) is 9.55. The first kappa shape index (κ1) is 11.0. The molecule has 0 saturated heterocycles. The van der Waals surface area contributed by atoms with Crippen LogP contribution in [0.3, 0.4) is 0 Å². The molecule has 0 unspecified atom stereocenters. The maximum absolute atomic E-state index is 9.55. The molecule has 1 heterocycles. The van der Waals surface area contributed by atoms with Crippen molar-refractivity contribution in [1.29, 1.82) is 0 Å². The lowest BCUT2D eigenvalue weighted by molar-refractivity contribution is 0.440. The zero-order valence-corrected chi connectivity index (χ0v) is 10.2. The maximum Gasteiger partial charge on any atom is 0.225 e. The number of aromatic nitrogens is 2. The van der Waals surface area contributed by atoms with E-state index in [1.807, 2.05) is 13.0 Å². The third-order valence-electron chi connectivity index (χ3n) is 3.09. The lowest BCUT2D eigenvalue weighted by Crippen LogP contribution is -1.96. The van der Waals surface area contributed by atoms with E-state index in [2.05, 4.69) is 9.97 Å². The van der Waals surface area contributed by atoms with Gasteiger partial charge in [-0.15, -0.1) is 0 Å². The highest BCUT2D eigenvalue weighted by Crippen LogP contribution is 2.31. The summed E-state index contributed by atoms with van der Waals surface area (Å²) in [6, 6.07) is 5.16. The van der Waals surface area contributed by atoms with Gasteiger partial charge in [0.25, 0.3) is 0 Å². The number of benzene rings is 1. The van der Waals surface area contributed by atoms with Crippen LogP contribution in [0, 0.1) is 6.92 Å². The smallest absolute Gasteiger partial charge is 0.225 e. The Labute approximate surface area is 105 Å². The Kier molecular flexibility index (Phi) is 2.63. The summed E-state index contributed by atoms with van der Waals surface area (Å²) in [5.74, 6) is 1.43. The average Bonchev–Trinajstić information content (AvgIpc) is 2.76. The SMILES string of the molecule is Cc1cc(O)cc(Oc2ncnc3c2CCC3)c1. The highest BCUT2D eigenvalue weighted by molar-refractivity contribution is 5.41. The van der Waals surface area contributed by atoms with Crippen molar-refractivity contribution in [3.8, 4) is 17.4 Å². The molecule has 1 N–H and O–H groups in total. The van der Waals surface area contributed by atoms with Crippen LogP contribution in [0.15, 0.2) is 24.5 Å². The number of fused-ring (bicyclic) bond motifs is 1. The summed E-state index contributed by atoms with van der Waals surface area (Å²) >= 11 is 0. The van der Waals surface area contributed by atoms with Crippen LogP contribution < -0.4 is 4.74 Å². The van der Waals surface area contributed by atoms with Gasteiger partial charge in [0.1, 0.15) is 17.8 Å². The van der Waals surface area contributed by atoms with Gasteiger partial charge in [0.2, 0.25) is 5.88 Å². The van der Waals surface area contributed by atoms with Gasteiger partial charge in [0.05, 0.1) is 5.69 Å². The van der Waals surface area contributed by atoms with Crippen molar-refractivity contribution in [3.05, 3.63) is 41.3 Å². The van der Waals surface area contributed by atoms with E-state index >= 15 is 0 Å². The van der Waals surface area contributed by atoms with E-state index in [0.29, 0.717) is 11.6 Å². The molecular weight excluding hydrogens is 228 g/mol. The molecule has 4 heteroatoms. The Morgan fingerprint density at radius 1 is 1.17 bits per heavy atom. The Morgan fingerprint density at radius 2 is 2.06 bits per heavy atom. The Hall–Kier alpha value is -2.10. The number of ether oxygens (including phenoxy) is 1. The van der Waals surface area contributed by atoms with Crippen LogP contribution in [0.4, 0.5) is 0 Å². The molecule has 0 spiro atoms. The van der Waals surface area contributed by atoms with E-state index < -0.39 is 0 Å². The number of aromatic hydroxyl groups is 1. The molecule has 92 valence electrons. The molecule has 3 rings (SSSR count). The molecule has 0 saturated carbocycles. The number of phenolic OH excluding ortho intramolecular Hbond substituents is 1. The summed E-state index contributed by atoms with van der Waals surface area (Å²) in [6.45, 7) is 1.91. The first-order valence-electron chi connectivity index (χ1n) is 6.03. The third kappa shape index (κ3) is 2.01. The fourth-order valence-electron chi connectivity index (χ4n) is 2.32. The lowest BCUT2D eigenvalue weighted by atomic mass is 10.2. The normalized spacial score (nSPS) is 13.4. The van der Waals surface area contributed by atoms with Gasteiger partial charge >= 0.3 is 0 Å². The fourth-order valence-corrected chi connectivity index (χ4v) is 2.32. The molecule has 0 aliphatic heterocycles. The second-order valence-corrected chi connectivity index (χ2v) is 4.56. The molecule has 0 amide bonds. The van der Waals surface area contributed by atoms with Crippen LogP contribution in [0.25, 0.3) is 0 Å². The monoisotopic (exact) mass is 242 g/mol. The van der Waals surface area contributed by atoms with Gasteiger partial charge in [-0.2, -0.15) is 0 Å². The van der Waals surface area contributed by atoms with E-state index in [-0.39, 0.29) is 5.75 Å². The van der Waals surface area contributed by atoms with Gasteiger partial charge in [-0.1, -0.05) is 0 Å². The zero-order chi connectivity index (χ0) is 12.5. The second-order valence-electron chi connectivity index (χ2n) is 4.56. The van der Waals surface area contributed by atoms with Crippen LogP contribution in [-0.4, -0.2) is 15.1 Å². The topological polar surface area (TPSA) is 55.2 Å². The molecule has 2 aromatic rings. The molecule has 0 radical (unpaired) electrons. The molecule has 0 atom stereocenters. The van der Waals surface area contributed by atoms with Crippen LogP contribution in [0.1, 0.15) is 23.2 Å². The minimum atomic E-state index is 0.204. The summed E-state index contributed by atoms with van der Waals surface area (Å²) in [6.07, 6.45) is 4.59. The van der Waals surface area contributed by atoms with Crippen molar-refractivity contribution in [2.75, 3.05) is 0 Å². The first-order chi connectivity index (χ1) is 8.72. The van der Waals surface area contributed by atoms with Gasteiger partial charge in [-0.25, -0.2) is 9.97 Å². The highest BCUT2D eigenvalue weighted by atomic mass is 16.5. The molecule has 1 aliphatic rings. The molecular formula is C14H14N2O2. The summed E-state index contributed by atoms with van der Waals surface area (Å²) in [4.78, 5) is 8.45. The van der Waals surface area contributed by atoms with Gasteiger partial charge in [0.15, 0.2) is 0 Å². The van der Waals surface area contributed by atoms with Gasteiger partial charge in [-0.3, -0.25) is 0 Å². The van der Waals surface area contributed by atoms with Crippen LogP contribution in [0.5, 0.6) is 17.4 Å². The number of phenols is 1. The number of rotatable bonds is 2. The standard InChI is InChI=1S/C14H14N2O2/c1-9-5-10(17)7-11(6-9)18-14-12-3-2-4-13(12)15-8-16-14/h5-8,17H,2-4H2,1H3. The second kappa shape index (κ2) is 4.29. The molecule has 18 heavy (non-hydrogen) atoms. The van der Waals surface area contributed by atoms with Crippen molar-refractivity contribution in [1.82, 2.24) is 9.97 Å². The molecule has 4 nitrogen and oxygen atoms in total. The van der Waals surface area contributed by atoms with Gasteiger partial charge in [-0.05, 0) is 43.9 Å². The van der Waals surface area contributed by atoms with Crippen molar-refractivity contribution >= 4 is 0 Å². The van der Waals surface area contributed by atoms with E-state index in [1.165, 1.54) is 6.33 Å². The fraction of sp³-hybridized carbons (Fsp3) is 0.286. The van der Waals surface area contributed by atoms with E-state index in [0.717, 1.165) is 36.1 Å². The van der Waals surface area contributed by atoms with Crippen molar-refractivity contribution in [3.63, 3.8) is 0 Å². The molecule has 1 aromatic carbocycles. The Morgan fingerprint density at radius 3 is 2.89 bits per heavy atom. The van der Waals surface area contributed by atoms with Crippen LogP contribution in [0.2, 0.25) is 0 Å². The minimum Gasteiger partial charge on any atom is -0.508 e. The Balaban J connectivity index is 1.95. The largest absolute Gasteiger partial charge is 0.508 e. The zero-order valence-electron chi connectivity index (χ0n) is 10.2. The summed E-state index contributed by atoms with van der Waals surface area (Å²) < 4.78 is 5.77. The van der Waals surface area contributed by atoms with Crippen LogP contribution >= 0.6 is 0 Å². The van der Waals surface area contributed by atoms with Gasteiger partial charge in [0, 0.05) is 11.6 Å². The molecule has 0 bridgehead atoms. The number of hydrogen-bond donors (Lipinski definition) is 1. The number of hydrogen-bond acceptors (Lipinski definition) is 4. The lowest BCUT2D eigenvalue weighted by Gasteiger charge is -2.09. The van der Waals surface area contributed by atoms with Crippen molar-refractivity contribution in [2.24, 2.45) is 0 Å². The van der Waals surface area contributed by atoms with E-state index in [1.54, 1.807) is 12.1 Å². The van der Waals surface area contributed by atoms with E-state index in [4.69, 9.17) is 4.74 Å². The van der Waals surface area contributed by atoms with Crippen molar-refractivity contribution < 1.29 is 9.84 Å². The quantitative estimate of drug-likeness (QED) is 0.879. The number of nitrogens with zero attached hydrogens (tertiary/aromatic N) is 2. The molecule has 1 aromatic heterocycles. The number of aryl methyl sites for hydroxylation is 2. The van der Waals surface area contributed by atoms with Gasteiger partial charge < -0.3 is 9.84 Å². The predicted octanol–water partition coefficient (Wildman–Crippen LogP) is 2.77. The summed E-state index contributed by atoms with van der Waals surface area (Å²) in [7, 11) is 0. The molecule has 0 fully saturated rings.